The first-order valence-corrected chi connectivity index (χ1v) is 8.39. The molecule has 0 aliphatic carbocycles. The van der Waals surface area contributed by atoms with Crippen molar-refractivity contribution < 1.29 is 12.9 Å². The molecule has 3 heterocycles. The van der Waals surface area contributed by atoms with Gasteiger partial charge in [-0.05, 0) is 12.5 Å². The molecule has 1 N–H and O–H groups in total. The molecule has 2 aromatic heterocycles. The van der Waals surface area contributed by atoms with Gasteiger partial charge in [0.15, 0.2) is 9.84 Å². The molecule has 0 amide bonds. The summed E-state index contributed by atoms with van der Waals surface area (Å²) >= 11 is 0. The number of sulfone groups is 1. The Balaban J connectivity index is 1.72. The zero-order valence-electron chi connectivity index (χ0n) is 11.5. The standard InChI is InChI=1S/C12H15N5O3S/c1-8-5-14-11(15-6-8)12-16-10(20-17-12)4-9-7-21(18,19)3-2-13-9/h5-6,9,13H,2-4,7H2,1H3. The molecular weight excluding hydrogens is 294 g/mol. The third-order valence-electron chi connectivity index (χ3n) is 3.17. The summed E-state index contributed by atoms with van der Waals surface area (Å²) in [6, 6.07) is -0.198. The number of nitrogens with one attached hydrogen (secondary N) is 1. The summed E-state index contributed by atoms with van der Waals surface area (Å²) < 4.78 is 28.3. The van der Waals surface area contributed by atoms with Gasteiger partial charge in [-0.3, -0.25) is 0 Å². The molecule has 21 heavy (non-hydrogen) atoms. The van der Waals surface area contributed by atoms with Crippen LogP contribution in [0.4, 0.5) is 0 Å². The summed E-state index contributed by atoms with van der Waals surface area (Å²) in [4.78, 5) is 12.5. The van der Waals surface area contributed by atoms with Crippen LogP contribution in [0.2, 0.25) is 0 Å². The van der Waals surface area contributed by atoms with Crippen molar-refractivity contribution in [1.82, 2.24) is 25.4 Å². The SMILES string of the molecule is Cc1cnc(-c2noc(CC3CS(=O)(=O)CCN3)n2)nc1. The van der Waals surface area contributed by atoms with Crippen molar-refractivity contribution in [3.63, 3.8) is 0 Å². The minimum absolute atomic E-state index is 0.0890. The second kappa shape index (κ2) is 5.49. The molecule has 2 aromatic rings. The molecule has 0 spiro atoms. The Morgan fingerprint density at radius 1 is 1.33 bits per heavy atom. The minimum Gasteiger partial charge on any atom is -0.339 e. The van der Waals surface area contributed by atoms with E-state index < -0.39 is 9.84 Å². The molecule has 8 nitrogen and oxygen atoms in total. The lowest BCUT2D eigenvalue weighted by molar-refractivity contribution is 0.361. The van der Waals surface area contributed by atoms with Gasteiger partial charge in [0.05, 0.1) is 11.5 Å². The largest absolute Gasteiger partial charge is 0.339 e. The van der Waals surface area contributed by atoms with Crippen LogP contribution in [0.15, 0.2) is 16.9 Å². The summed E-state index contributed by atoms with van der Waals surface area (Å²) in [6.45, 7) is 2.34. The number of hydrogen-bond donors (Lipinski definition) is 1. The summed E-state index contributed by atoms with van der Waals surface area (Å²) in [6.07, 6.45) is 3.72. The maximum Gasteiger partial charge on any atom is 0.240 e. The van der Waals surface area contributed by atoms with Crippen molar-refractivity contribution >= 4 is 9.84 Å². The molecule has 9 heteroatoms. The van der Waals surface area contributed by atoms with Crippen LogP contribution < -0.4 is 5.32 Å². The Morgan fingerprint density at radius 3 is 2.81 bits per heavy atom. The third kappa shape index (κ3) is 3.42. The van der Waals surface area contributed by atoms with Crippen LogP contribution in [-0.4, -0.2) is 52.6 Å². The van der Waals surface area contributed by atoms with Gasteiger partial charge in [-0.15, -0.1) is 0 Å². The zero-order valence-corrected chi connectivity index (χ0v) is 12.3. The van der Waals surface area contributed by atoms with E-state index in [4.69, 9.17) is 4.52 Å². The highest BCUT2D eigenvalue weighted by Gasteiger charge is 2.26. The molecule has 0 radical (unpaired) electrons. The van der Waals surface area contributed by atoms with Gasteiger partial charge in [-0.2, -0.15) is 4.98 Å². The first kappa shape index (κ1) is 14.1. The van der Waals surface area contributed by atoms with E-state index in [1.807, 2.05) is 6.92 Å². The summed E-state index contributed by atoms with van der Waals surface area (Å²) in [7, 11) is -2.98. The lowest BCUT2D eigenvalue weighted by atomic mass is 10.2. The normalized spacial score (nSPS) is 21.3. The van der Waals surface area contributed by atoms with Crippen molar-refractivity contribution in [2.45, 2.75) is 19.4 Å². The van der Waals surface area contributed by atoms with Gasteiger partial charge in [-0.1, -0.05) is 5.16 Å². The second-order valence-electron chi connectivity index (χ2n) is 5.07. The molecule has 3 rings (SSSR count). The van der Waals surface area contributed by atoms with E-state index >= 15 is 0 Å². The van der Waals surface area contributed by atoms with Gasteiger partial charge in [-0.25, -0.2) is 18.4 Å². The van der Waals surface area contributed by atoms with Gasteiger partial charge < -0.3 is 9.84 Å². The lowest BCUT2D eigenvalue weighted by Gasteiger charge is -2.21. The van der Waals surface area contributed by atoms with Crippen LogP contribution >= 0.6 is 0 Å². The van der Waals surface area contributed by atoms with E-state index in [0.29, 0.717) is 30.5 Å². The van der Waals surface area contributed by atoms with E-state index in [1.165, 1.54) is 0 Å². The first-order valence-electron chi connectivity index (χ1n) is 6.57. The number of rotatable bonds is 3. The average molecular weight is 309 g/mol. The molecule has 112 valence electrons. The average Bonchev–Trinajstić information content (AvgIpc) is 2.87. The summed E-state index contributed by atoms with van der Waals surface area (Å²) in [5.74, 6) is 1.34. The number of aryl methyl sites for hydroxylation is 1. The maximum atomic E-state index is 11.6. The van der Waals surface area contributed by atoms with Gasteiger partial charge in [0.1, 0.15) is 0 Å². The molecule has 0 bridgehead atoms. The fourth-order valence-corrected chi connectivity index (χ4v) is 3.59. The molecule has 1 saturated heterocycles. The maximum absolute atomic E-state index is 11.6. The fourth-order valence-electron chi connectivity index (χ4n) is 2.15. The monoisotopic (exact) mass is 309 g/mol. The Hall–Kier alpha value is -1.87. The van der Waals surface area contributed by atoms with Crippen LogP contribution in [0.5, 0.6) is 0 Å². The van der Waals surface area contributed by atoms with Crippen molar-refractivity contribution in [2.24, 2.45) is 0 Å². The van der Waals surface area contributed by atoms with Crippen molar-refractivity contribution in [3.05, 3.63) is 23.8 Å². The van der Waals surface area contributed by atoms with Crippen molar-refractivity contribution in [2.75, 3.05) is 18.1 Å². The fraction of sp³-hybridized carbons (Fsp3) is 0.500. The Labute approximate surface area is 121 Å². The van der Waals surface area contributed by atoms with Crippen molar-refractivity contribution in [1.29, 1.82) is 0 Å². The number of aromatic nitrogens is 4. The molecule has 1 unspecified atom stereocenters. The van der Waals surface area contributed by atoms with E-state index in [9.17, 15) is 8.42 Å². The molecule has 1 atom stereocenters. The quantitative estimate of drug-likeness (QED) is 0.827. The van der Waals surface area contributed by atoms with Gasteiger partial charge >= 0.3 is 0 Å². The van der Waals surface area contributed by atoms with Crippen molar-refractivity contribution in [3.8, 4) is 11.6 Å². The smallest absolute Gasteiger partial charge is 0.240 e. The van der Waals surface area contributed by atoms with E-state index in [1.54, 1.807) is 12.4 Å². The Morgan fingerprint density at radius 2 is 2.10 bits per heavy atom. The molecule has 1 fully saturated rings. The highest BCUT2D eigenvalue weighted by Crippen LogP contribution is 2.13. The molecule has 1 aliphatic heterocycles. The van der Waals surface area contributed by atoms with E-state index in [0.717, 1.165) is 5.56 Å². The summed E-state index contributed by atoms with van der Waals surface area (Å²) in [5, 5.41) is 6.97. The topological polar surface area (TPSA) is 111 Å². The molecule has 0 aromatic carbocycles. The summed E-state index contributed by atoms with van der Waals surface area (Å²) in [5.41, 5.74) is 0.944. The first-order chi connectivity index (χ1) is 10.0. The minimum atomic E-state index is -2.98. The van der Waals surface area contributed by atoms with Gasteiger partial charge in [0, 0.05) is 31.4 Å². The van der Waals surface area contributed by atoms with E-state index in [2.05, 4.69) is 25.4 Å². The van der Waals surface area contributed by atoms with Crippen LogP contribution in [0.1, 0.15) is 11.5 Å². The predicted molar refractivity (Wildman–Crippen MR) is 74.2 cm³/mol. The lowest BCUT2D eigenvalue weighted by Crippen LogP contribution is -2.46. The highest BCUT2D eigenvalue weighted by molar-refractivity contribution is 7.91. The zero-order chi connectivity index (χ0) is 14.9. The third-order valence-corrected chi connectivity index (χ3v) is 4.91. The predicted octanol–water partition coefficient (Wildman–Crippen LogP) is -0.236. The number of hydrogen-bond acceptors (Lipinski definition) is 8. The molecule has 0 saturated carbocycles. The van der Waals surface area contributed by atoms with Gasteiger partial charge in [0.2, 0.25) is 17.5 Å². The Bertz CT molecular complexity index is 726. The van der Waals surface area contributed by atoms with Crippen LogP contribution in [-0.2, 0) is 16.3 Å². The van der Waals surface area contributed by atoms with Crippen LogP contribution in [0.25, 0.3) is 11.6 Å². The highest BCUT2D eigenvalue weighted by atomic mass is 32.2. The molecular formula is C12H15N5O3S. The molecule has 1 aliphatic rings. The van der Waals surface area contributed by atoms with E-state index in [-0.39, 0.29) is 17.5 Å². The van der Waals surface area contributed by atoms with Crippen LogP contribution in [0, 0.1) is 6.92 Å². The Kier molecular flexibility index (Phi) is 3.68. The van der Waals surface area contributed by atoms with Gasteiger partial charge in [0.25, 0.3) is 0 Å². The second-order valence-corrected chi connectivity index (χ2v) is 7.29. The number of nitrogens with zero attached hydrogens (tertiary/aromatic N) is 4. The van der Waals surface area contributed by atoms with Crippen LogP contribution in [0.3, 0.4) is 0 Å².